The normalized spacial score (nSPS) is 18.1. The lowest BCUT2D eigenvalue weighted by molar-refractivity contribution is 0.0572. The molecule has 1 amide bonds. The summed E-state index contributed by atoms with van der Waals surface area (Å²) in [5.74, 6) is 0.402. The van der Waals surface area contributed by atoms with Crippen molar-refractivity contribution in [1.29, 1.82) is 0 Å². The molecule has 112 valence electrons. The predicted molar refractivity (Wildman–Crippen MR) is 84.2 cm³/mol. The quantitative estimate of drug-likeness (QED) is 0.857. The lowest BCUT2D eigenvalue weighted by Gasteiger charge is -2.38. The number of furan rings is 1. The molecule has 0 bridgehead atoms. The second-order valence-corrected chi connectivity index (χ2v) is 6.36. The average molecular weight is 286 g/mol. The Balaban J connectivity index is 1.78. The van der Waals surface area contributed by atoms with Crippen LogP contribution in [0, 0.1) is 5.41 Å². The molecular formula is C17H22N2O2. The molecule has 2 heterocycles. The van der Waals surface area contributed by atoms with Gasteiger partial charge in [0.15, 0.2) is 5.76 Å². The van der Waals surface area contributed by atoms with Gasteiger partial charge in [-0.15, -0.1) is 0 Å². The molecule has 1 aromatic heterocycles. The number of nitrogens with zero attached hydrogens (tertiary/aromatic N) is 1. The van der Waals surface area contributed by atoms with Crippen molar-refractivity contribution in [3.05, 3.63) is 30.0 Å². The van der Waals surface area contributed by atoms with Crippen molar-refractivity contribution in [3.8, 4) is 0 Å². The van der Waals surface area contributed by atoms with E-state index in [4.69, 9.17) is 10.2 Å². The van der Waals surface area contributed by atoms with Gasteiger partial charge in [-0.2, -0.15) is 0 Å². The molecule has 1 aliphatic heterocycles. The van der Waals surface area contributed by atoms with Crippen LogP contribution in [0.25, 0.3) is 11.0 Å². The third-order valence-corrected chi connectivity index (χ3v) is 4.86. The van der Waals surface area contributed by atoms with E-state index in [1.165, 1.54) is 6.42 Å². The van der Waals surface area contributed by atoms with Crippen molar-refractivity contribution >= 4 is 22.6 Å². The van der Waals surface area contributed by atoms with Crippen LogP contribution in [-0.2, 0) is 0 Å². The summed E-state index contributed by atoms with van der Waals surface area (Å²) in [6.07, 6.45) is 3.28. The molecule has 3 rings (SSSR count). The number of hydrogen-bond donors (Lipinski definition) is 1. The van der Waals surface area contributed by atoms with E-state index in [1.54, 1.807) is 12.1 Å². The molecule has 0 unspecified atom stereocenters. The fraction of sp³-hybridized carbons (Fsp3) is 0.471. The molecule has 21 heavy (non-hydrogen) atoms. The molecule has 0 spiro atoms. The smallest absolute Gasteiger partial charge is 0.289 e. The van der Waals surface area contributed by atoms with Gasteiger partial charge >= 0.3 is 0 Å². The molecule has 0 aliphatic carbocycles. The van der Waals surface area contributed by atoms with E-state index in [2.05, 4.69) is 13.8 Å². The van der Waals surface area contributed by atoms with Crippen LogP contribution >= 0.6 is 0 Å². The van der Waals surface area contributed by atoms with Crippen LogP contribution in [0.5, 0.6) is 0 Å². The highest BCUT2D eigenvalue weighted by Crippen LogP contribution is 2.34. The van der Waals surface area contributed by atoms with Crippen LogP contribution in [0.1, 0.15) is 43.7 Å². The third kappa shape index (κ3) is 2.62. The van der Waals surface area contributed by atoms with Gasteiger partial charge in [0.2, 0.25) is 0 Å². The second kappa shape index (κ2) is 5.10. The molecule has 1 fully saturated rings. The first kappa shape index (κ1) is 14.0. The lowest BCUT2D eigenvalue weighted by Crippen LogP contribution is -2.41. The van der Waals surface area contributed by atoms with Gasteiger partial charge in [0.1, 0.15) is 5.58 Å². The fourth-order valence-electron chi connectivity index (χ4n) is 2.93. The Bertz CT molecular complexity index is 666. The first-order valence-corrected chi connectivity index (χ1v) is 7.59. The van der Waals surface area contributed by atoms with Gasteiger partial charge in [-0.3, -0.25) is 4.79 Å². The van der Waals surface area contributed by atoms with Crippen molar-refractivity contribution in [3.63, 3.8) is 0 Å². The largest absolute Gasteiger partial charge is 0.451 e. The monoisotopic (exact) mass is 286 g/mol. The summed E-state index contributed by atoms with van der Waals surface area (Å²) in [5, 5.41) is 0.883. The number of fused-ring (bicyclic) bond motifs is 1. The molecule has 4 nitrogen and oxygen atoms in total. The number of carbonyl (C=O) groups is 1. The van der Waals surface area contributed by atoms with Gasteiger partial charge in [0.25, 0.3) is 5.91 Å². The molecule has 1 saturated heterocycles. The Morgan fingerprint density at radius 3 is 2.71 bits per heavy atom. The lowest BCUT2D eigenvalue weighted by atomic mass is 9.78. The summed E-state index contributed by atoms with van der Waals surface area (Å²) in [6, 6.07) is 7.22. The van der Waals surface area contributed by atoms with E-state index >= 15 is 0 Å². The summed E-state index contributed by atoms with van der Waals surface area (Å²) < 4.78 is 5.67. The van der Waals surface area contributed by atoms with Gasteiger partial charge in [-0.05, 0) is 42.5 Å². The number of carbonyl (C=O) groups excluding carboxylic acids is 1. The Labute approximate surface area is 124 Å². The highest BCUT2D eigenvalue weighted by molar-refractivity contribution is 5.96. The molecule has 1 aromatic carbocycles. The maximum absolute atomic E-state index is 12.6. The van der Waals surface area contributed by atoms with Crippen molar-refractivity contribution in [2.75, 3.05) is 18.8 Å². The van der Waals surface area contributed by atoms with Crippen molar-refractivity contribution in [2.24, 2.45) is 5.41 Å². The highest BCUT2D eigenvalue weighted by Gasteiger charge is 2.31. The number of anilines is 1. The number of nitrogen functional groups attached to an aromatic ring is 1. The van der Waals surface area contributed by atoms with E-state index in [0.29, 0.717) is 22.4 Å². The fourth-order valence-corrected chi connectivity index (χ4v) is 2.93. The molecule has 0 radical (unpaired) electrons. The predicted octanol–water partition coefficient (Wildman–Crippen LogP) is 3.67. The minimum absolute atomic E-state index is 0.0112. The van der Waals surface area contributed by atoms with Gasteiger partial charge < -0.3 is 15.1 Å². The number of amides is 1. The Morgan fingerprint density at radius 1 is 1.33 bits per heavy atom. The Kier molecular flexibility index (Phi) is 3.40. The van der Waals surface area contributed by atoms with Gasteiger partial charge in [0, 0.05) is 24.2 Å². The summed E-state index contributed by atoms with van der Waals surface area (Å²) >= 11 is 0. The third-order valence-electron chi connectivity index (χ3n) is 4.86. The van der Waals surface area contributed by atoms with Crippen molar-refractivity contribution in [2.45, 2.75) is 33.1 Å². The van der Waals surface area contributed by atoms with Gasteiger partial charge in [0.05, 0.1) is 0 Å². The number of nitrogens with two attached hydrogens (primary N) is 1. The van der Waals surface area contributed by atoms with Gasteiger partial charge in [-0.25, -0.2) is 0 Å². The standard InChI is InChI=1S/C17H22N2O2/c1-3-17(2)6-8-19(9-7-17)16(20)15-11-12-10-13(18)4-5-14(12)21-15/h4-5,10-11H,3,6-9,18H2,1-2H3. The zero-order valence-electron chi connectivity index (χ0n) is 12.7. The Morgan fingerprint density at radius 2 is 2.05 bits per heavy atom. The maximum atomic E-state index is 12.6. The van der Waals surface area contributed by atoms with E-state index < -0.39 is 0 Å². The van der Waals surface area contributed by atoms with Gasteiger partial charge in [-0.1, -0.05) is 20.3 Å². The van der Waals surface area contributed by atoms with Crippen molar-refractivity contribution in [1.82, 2.24) is 4.90 Å². The summed E-state index contributed by atoms with van der Waals surface area (Å²) in [5.41, 5.74) is 7.52. The number of piperidine rings is 1. The second-order valence-electron chi connectivity index (χ2n) is 6.36. The first-order chi connectivity index (χ1) is 10.0. The molecule has 2 aromatic rings. The van der Waals surface area contributed by atoms with E-state index in [0.717, 1.165) is 31.3 Å². The molecule has 4 heteroatoms. The Hall–Kier alpha value is -1.97. The maximum Gasteiger partial charge on any atom is 0.289 e. The summed E-state index contributed by atoms with van der Waals surface area (Å²) in [7, 11) is 0. The number of hydrogen-bond acceptors (Lipinski definition) is 3. The topological polar surface area (TPSA) is 59.5 Å². The van der Waals surface area contributed by atoms with E-state index in [-0.39, 0.29) is 5.91 Å². The highest BCUT2D eigenvalue weighted by atomic mass is 16.3. The summed E-state index contributed by atoms with van der Waals surface area (Å²) in [6.45, 7) is 6.14. The van der Waals surface area contributed by atoms with Crippen molar-refractivity contribution < 1.29 is 9.21 Å². The zero-order valence-corrected chi connectivity index (χ0v) is 12.7. The molecule has 0 atom stereocenters. The van der Waals surface area contributed by atoms with Crippen LogP contribution in [0.15, 0.2) is 28.7 Å². The summed E-state index contributed by atoms with van der Waals surface area (Å²) in [4.78, 5) is 14.5. The molecule has 1 aliphatic rings. The van der Waals surface area contributed by atoms with Crippen LogP contribution in [0.4, 0.5) is 5.69 Å². The van der Waals surface area contributed by atoms with Crippen LogP contribution < -0.4 is 5.73 Å². The van der Waals surface area contributed by atoms with Crippen LogP contribution in [-0.4, -0.2) is 23.9 Å². The van der Waals surface area contributed by atoms with Crippen LogP contribution in [0.3, 0.4) is 0 Å². The molecular weight excluding hydrogens is 264 g/mol. The SMILES string of the molecule is CCC1(C)CCN(C(=O)c2cc3cc(N)ccc3o2)CC1. The molecule has 2 N–H and O–H groups in total. The molecule has 0 saturated carbocycles. The number of rotatable bonds is 2. The first-order valence-electron chi connectivity index (χ1n) is 7.59. The minimum Gasteiger partial charge on any atom is -0.451 e. The van der Waals surface area contributed by atoms with E-state index in [1.807, 2.05) is 17.0 Å². The average Bonchev–Trinajstić information content (AvgIpc) is 2.90. The number of benzene rings is 1. The van der Waals surface area contributed by atoms with Crippen LogP contribution in [0.2, 0.25) is 0 Å². The zero-order chi connectivity index (χ0) is 15.0. The van der Waals surface area contributed by atoms with E-state index in [9.17, 15) is 4.79 Å². The number of likely N-dealkylation sites (tertiary alicyclic amines) is 1. The minimum atomic E-state index is -0.0112.